The summed E-state index contributed by atoms with van der Waals surface area (Å²) in [6.45, 7) is 10.4. The number of carbonyl (C=O) groups is 3. The molecule has 0 aromatic carbocycles. The number of hydrogen-bond donors (Lipinski definition) is 4. The lowest BCUT2D eigenvalue weighted by Crippen LogP contribution is -2.57. The van der Waals surface area contributed by atoms with E-state index in [1.165, 1.54) is 4.90 Å². The Bertz CT molecular complexity index is 1220. The maximum absolute atomic E-state index is 13.0. The smallest absolute Gasteiger partial charge is 0.418 e. The van der Waals surface area contributed by atoms with E-state index in [4.69, 9.17) is 18.5 Å². The highest BCUT2D eigenvalue weighted by atomic mass is 32.3. The van der Waals surface area contributed by atoms with E-state index in [1.807, 2.05) is 0 Å². The predicted molar refractivity (Wildman–Crippen MR) is 135 cm³/mol. The SMILES string of the molecule is CC(C)(C)OC(=O)NC(NCc1cc([C@@H]2CC3(CC3)[C@@H]3CN2C(=O)N3OS(=O)(=O)O)no1)NC(=O)OC(C)(C)C. The van der Waals surface area contributed by atoms with Crippen LogP contribution in [0.2, 0.25) is 0 Å². The Morgan fingerprint density at radius 2 is 1.73 bits per heavy atom. The van der Waals surface area contributed by atoms with Crippen molar-refractivity contribution in [3.05, 3.63) is 17.5 Å². The fourth-order valence-corrected chi connectivity index (χ4v) is 5.21. The van der Waals surface area contributed by atoms with Crippen molar-refractivity contribution in [1.82, 2.24) is 31.1 Å². The summed E-state index contributed by atoms with van der Waals surface area (Å²) in [7, 11) is -4.87. The molecule has 2 atom stereocenters. The molecule has 3 heterocycles. The molecular formula is C23H36N6O10S. The van der Waals surface area contributed by atoms with Crippen LogP contribution in [0.3, 0.4) is 0 Å². The number of urea groups is 1. The molecule has 1 aromatic rings. The van der Waals surface area contributed by atoms with E-state index in [0.717, 1.165) is 17.9 Å². The van der Waals surface area contributed by atoms with Crippen molar-refractivity contribution >= 4 is 28.6 Å². The quantitative estimate of drug-likeness (QED) is 0.255. The summed E-state index contributed by atoms with van der Waals surface area (Å²) < 4.78 is 52.4. The predicted octanol–water partition coefficient (Wildman–Crippen LogP) is 2.16. The number of piperidine rings is 1. The van der Waals surface area contributed by atoms with E-state index in [9.17, 15) is 22.8 Å². The molecule has 4 N–H and O–H groups in total. The van der Waals surface area contributed by atoms with E-state index >= 15 is 0 Å². The third kappa shape index (κ3) is 7.32. The van der Waals surface area contributed by atoms with Crippen molar-refractivity contribution in [2.75, 3.05) is 6.54 Å². The van der Waals surface area contributed by atoms with Gasteiger partial charge in [0.2, 0.25) is 0 Å². The molecule has 1 saturated carbocycles. The molecule has 40 heavy (non-hydrogen) atoms. The van der Waals surface area contributed by atoms with Crippen LogP contribution in [-0.2, 0) is 30.7 Å². The van der Waals surface area contributed by atoms with Crippen LogP contribution in [0.4, 0.5) is 14.4 Å². The second-order valence-electron chi connectivity index (χ2n) is 12.2. The summed E-state index contributed by atoms with van der Waals surface area (Å²) in [5, 5.41) is 12.8. The first-order valence-corrected chi connectivity index (χ1v) is 14.2. The third-order valence-corrected chi connectivity index (χ3v) is 6.91. The highest BCUT2D eigenvalue weighted by Gasteiger charge is 2.64. The molecular weight excluding hydrogens is 552 g/mol. The summed E-state index contributed by atoms with van der Waals surface area (Å²) in [6.07, 6.45) is -0.626. The molecule has 0 unspecified atom stereocenters. The van der Waals surface area contributed by atoms with E-state index in [2.05, 4.69) is 25.4 Å². The Morgan fingerprint density at radius 3 is 2.23 bits per heavy atom. The molecule has 3 aliphatic rings. The minimum atomic E-state index is -4.87. The normalized spacial score (nSPS) is 22.1. The first kappa shape index (κ1) is 29.8. The maximum Gasteiger partial charge on any atom is 0.418 e. The van der Waals surface area contributed by atoms with Gasteiger partial charge < -0.3 is 18.9 Å². The Morgan fingerprint density at radius 1 is 1.15 bits per heavy atom. The molecule has 16 nitrogen and oxygen atoms in total. The van der Waals surface area contributed by atoms with E-state index in [1.54, 1.807) is 47.6 Å². The minimum absolute atomic E-state index is 0.00961. The number of nitrogens with zero attached hydrogens (tertiary/aromatic N) is 3. The lowest BCUT2D eigenvalue weighted by atomic mass is 9.84. The molecule has 0 radical (unpaired) electrons. The molecule has 1 spiro atoms. The summed E-state index contributed by atoms with van der Waals surface area (Å²) in [6, 6.07) is -0.0764. The van der Waals surface area contributed by atoms with Gasteiger partial charge in [0.25, 0.3) is 0 Å². The van der Waals surface area contributed by atoms with Gasteiger partial charge in [0.1, 0.15) is 16.9 Å². The van der Waals surface area contributed by atoms with Gasteiger partial charge in [-0.2, -0.15) is 13.5 Å². The first-order chi connectivity index (χ1) is 18.3. The Hall–Kier alpha value is -3.15. The van der Waals surface area contributed by atoms with E-state index in [-0.39, 0.29) is 18.5 Å². The molecule has 2 saturated heterocycles. The number of ether oxygens (including phenoxy) is 2. The van der Waals surface area contributed by atoms with Gasteiger partial charge in [0.15, 0.2) is 12.0 Å². The molecule has 1 aliphatic carbocycles. The topological polar surface area (TPSA) is 202 Å². The third-order valence-electron chi connectivity index (χ3n) is 6.56. The average Bonchev–Trinajstić information content (AvgIpc) is 3.26. The summed E-state index contributed by atoms with van der Waals surface area (Å²) >= 11 is 0. The van der Waals surface area contributed by atoms with Crippen LogP contribution in [-0.4, -0.2) is 76.4 Å². The van der Waals surface area contributed by atoms with Crippen LogP contribution in [0, 0.1) is 5.41 Å². The lowest BCUT2D eigenvalue weighted by Gasteiger charge is -2.35. The highest BCUT2D eigenvalue weighted by molar-refractivity contribution is 7.80. The number of hydroxylamine groups is 2. The molecule has 2 aliphatic heterocycles. The van der Waals surface area contributed by atoms with Gasteiger partial charge in [0, 0.05) is 12.6 Å². The number of rotatable bonds is 8. The van der Waals surface area contributed by atoms with Crippen molar-refractivity contribution < 1.29 is 45.6 Å². The zero-order valence-electron chi connectivity index (χ0n) is 23.2. The van der Waals surface area contributed by atoms with Crippen LogP contribution in [0.5, 0.6) is 0 Å². The summed E-state index contributed by atoms with van der Waals surface area (Å²) in [5.74, 6) is 0.335. The number of nitrogens with one attached hydrogen (secondary N) is 3. The summed E-state index contributed by atoms with van der Waals surface area (Å²) in [5.41, 5.74) is -1.45. The number of alkyl carbamates (subject to hydrolysis) is 2. The van der Waals surface area contributed by atoms with Crippen molar-refractivity contribution in [3.63, 3.8) is 0 Å². The van der Waals surface area contributed by atoms with Crippen LogP contribution >= 0.6 is 0 Å². The van der Waals surface area contributed by atoms with Crippen LogP contribution in [0.15, 0.2) is 10.6 Å². The van der Waals surface area contributed by atoms with Crippen molar-refractivity contribution in [2.24, 2.45) is 5.41 Å². The monoisotopic (exact) mass is 588 g/mol. The second-order valence-corrected chi connectivity index (χ2v) is 13.2. The van der Waals surface area contributed by atoms with Crippen molar-refractivity contribution in [2.45, 2.75) is 96.9 Å². The largest absolute Gasteiger partial charge is 0.444 e. The van der Waals surface area contributed by atoms with Gasteiger partial charge in [-0.05, 0) is 66.2 Å². The fourth-order valence-electron chi connectivity index (χ4n) is 4.84. The number of amides is 4. The number of carbonyl (C=O) groups excluding carboxylic acids is 3. The summed E-state index contributed by atoms with van der Waals surface area (Å²) in [4.78, 5) is 39.1. The van der Waals surface area contributed by atoms with Gasteiger partial charge in [-0.1, -0.05) is 5.16 Å². The van der Waals surface area contributed by atoms with Gasteiger partial charge in [-0.3, -0.25) is 20.5 Å². The molecule has 17 heteroatoms. The van der Waals surface area contributed by atoms with Gasteiger partial charge in [0.05, 0.1) is 18.6 Å². The number of fused-ring (bicyclic) bond motifs is 3. The Kier molecular flexibility index (Phi) is 7.72. The molecule has 3 fully saturated rings. The van der Waals surface area contributed by atoms with Crippen LogP contribution in [0.1, 0.15) is 78.3 Å². The zero-order chi connectivity index (χ0) is 29.7. The van der Waals surface area contributed by atoms with Crippen molar-refractivity contribution in [3.8, 4) is 0 Å². The van der Waals surface area contributed by atoms with Gasteiger partial charge in [-0.25, -0.2) is 14.4 Å². The van der Waals surface area contributed by atoms with Crippen molar-refractivity contribution in [1.29, 1.82) is 0 Å². The standard InChI is InChI=1S/C23H36N6O10S/c1-21(2,3)36-18(30)25-17(26-19(31)37-22(4,5)6)24-11-13-9-14(27-38-13)15-10-23(7-8-23)16-12-28(15)20(32)29(16)39-40(33,34)35/h9,15-17,24H,7-8,10-12H2,1-6H3,(H,25,30)(H,26,31)(H,33,34,35)/t15-,16-/m0/s1. The van der Waals surface area contributed by atoms with Gasteiger partial charge >= 0.3 is 28.6 Å². The van der Waals surface area contributed by atoms with E-state index < -0.39 is 58.2 Å². The molecule has 224 valence electrons. The highest BCUT2D eigenvalue weighted by Crippen LogP contribution is 2.61. The second kappa shape index (κ2) is 10.4. The number of hydrogen-bond acceptors (Lipinski definition) is 11. The Labute approximate surface area is 231 Å². The van der Waals surface area contributed by atoms with Gasteiger partial charge in [-0.15, -0.1) is 4.28 Å². The Balaban J connectivity index is 1.44. The fraction of sp³-hybridized carbons (Fsp3) is 0.739. The average molecular weight is 589 g/mol. The maximum atomic E-state index is 13.0. The lowest BCUT2D eigenvalue weighted by molar-refractivity contribution is -0.0527. The van der Waals surface area contributed by atoms with E-state index in [0.29, 0.717) is 17.9 Å². The number of aromatic nitrogens is 1. The molecule has 1 aromatic heterocycles. The van der Waals surface area contributed by atoms with Crippen LogP contribution < -0.4 is 16.0 Å². The first-order valence-electron chi connectivity index (χ1n) is 12.8. The zero-order valence-corrected chi connectivity index (χ0v) is 24.0. The molecule has 2 bridgehead atoms. The molecule has 4 rings (SSSR count). The minimum Gasteiger partial charge on any atom is -0.444 e. The van der Waals surface area contributed by atoms with Crippen LogP contribution in [0.25, 0.3) is 0 Å². The molecule has 4 amide bonds.